The van der Waals surface area contributed by atoms with Gasteiger partial charge in [-0.3, -0.25) is 9.59 Å². The monoisotopic (exact) mass is 455 g/mol. The van der Waals surface area contributed by atoms with E-state index in [0.717, 1.165) is 46.8 Å². The van der Waals surface area contributed by atoms with E-state index < -0.39 is 0 Å². The summed E-state index contributed by atoms with van der Waals surface area (Å²) < 4.78 is 10.6. The van der Waals surface area contributed by atoms with Gasteiger partial charge in [-0.2, -0.15) is 0 Å². The van der Waals surface area contributed by atoms with Crippen LogP contribution >= 0.6 is 15.9 Å². The molecule has 6 heteroatoms. The molecular weight excluding hydrogens is 434 g/mol. The second kappa shape index (κ2) is 9.23. The zero-order valence-corrected chi connectivity index (χ0v) is 18.0. The lowest BCUT2D eigenvalue weighted by Crippen LogP contribution is -2.11. The van der Waals surface area contributed by atoms with Gasteiger partial charge in [0, 0.05) is 4.47 Å². The molecule has 0 saturated heterocycles. The maximum absolute atomic E-state index is 11.4. The Morgan fingerprint density at radius 1 is 0.931 bits per heavy atom. The highest BCUT2D eigenvalue weighted by Crippen LogP contribution is 2.36. The van der Waals surface area contributed by atoms with Gasteiger partial charge in [-0.1, -0.05) is 45.8 Å². The average molecular weight is 456 g/mol. The molecule has 5 nitrogen and oxygen atoms in total. The van der Waals surface area contributed by atoms with Gasteiger partial charge >= 0.3 is 11.9 Å². The normalized spacial score (nSPS) is 18.6. The molecule has 0 aliphatic heterocycles. The van der Waals surface area contributed by atoms with E-state index in [4.69, 9.17) is 16.0 Å². The van der Waals surface area contributed by atoms with E-state index in [1.54, 1.807) is 6.07 Å². The average Bonchev–Trinajstić information content (AvgIpc) is 3.36. The van der Waals surface area contributed by atoms with E-state index in [1.165, 1.54) is 19.8 Å². The Hall–Kier alpha value is -2.65. The van der Waals surface area contributed by atoms with Crippen LogP contribution in [0.3, 0.4) is 0 Å². The van der Waals surface area contributed by atoms with Crippen LogP contribution < -0.4 is 0 Å². The van der Waals surface area contributed by atoms with Gasteiger partial charge in [0.1, 0.15) is 0 Å². The van der Waals surface area contributed by atoms with Crippen molar-refractivity contribution in [3.63, 3.8) is 0 Å². The highest BCUT2D eigenvalue weighted by atomic mass is 79.9. The van der Waals surface area contributed by atoms with E-state index >= 15 is 0 Å². The number of carbonyl (C=O) groups is 2. The molecule has 2 atom stereocenters. The van der Waals surface area contributed by atoms with Crippen LogP contribution in [0.5, 0.6) is 0 Å². The maximum Gasteiger partial charge on any atom is 0.313 e. The summed E-state index contributed by atoms with van der Waals surface area (Å²) in [6.45, 7) is 6.91. The van der Waals surface area contributed by atoms with Crippen LogP contribution in [-0.2, 0) is 31.9 Å². The van der Waals surface area contributed by atoms with Gasteiger partial charge in [0.15, 0.2) is 5.69 Å². The maximum atomic E-state index is 11.4. The molecule has 0 fully saturated rings. The number of esters is 2. The van der Waals surface area contributed by atoms with Gasteiger partial charge in [-0.25, -0.2) is 4.85 Å². The number of nitrogens with zero attached hydrogens (tertiary/aromatic N) is 1. The minimum atomic E-state index is -0.177. The van der Waals surface area contributed by atoms with Crippen molar-refractivity contribution in [1.82, 2.24) is 0 Å². The van der Waals surface area contributed by atoms with E-state index in [9.17, 15) is 9.59 Å². The number of hydrogen-bond donors (Lipinski definition) is 0. The van der Waals surface area contributed by atoms with Crippen LogP contribution in [0.2, 0.25) is 0 Å². The van der Waals surface area contributed by atoms with Crippen molar-refractivity contribution >= 4 is 33.6 Å². The van der Waals surface area contributed by atoms with E-state index in [2.05, 4.69) is 26.8 Å². The lowest BCUT2D eigenvalue weighted by Gasteiger charge is -2.08. The predicted octanol–water partition coefficient (Wildman–Crippen LogP) is 5.09. The SMILES string of the molecule is COC(=O)C1CCc2cc(Br)ccc21.[C-]#[N+]c1ccc2c(c1)CCC2C(=O)OC. The Kier molecular flexibility index (Phi) is 6.71. The molecule has 2 aromatic rings. The lowest BCUT2D eigenvalue weighted by molar-refractivity contribution is -0.143. The molecule has 0 saturated carbocycles. The van der Waals surface area contributed by atoms with Gasteiger partial charge in [0.2, 0.25) is 0 Å². The van der Waals surface area contributed by atoms with Gasteiger partial charge in [-0.05, 0) is 54.5 Å². The molecular formula is C23H22BrNO4. The first-order chi connectivity index (χ1) is 14.0. The third-order valence-electron chi connectivity index (χ3n) is 5.49. The number of hydrogen-bond acceptors (Lipinski definition) is 4. The molecule has 2 aliphatic carbocycles. The number of benzene rings is 2. The second-order valence-corrected chi connectivity index (χ2v) is 7.98. The molecule has 29 heavy (non-hydrogen) atoms. The molecule has 0 radical (unpaired) electrons. The summed E-state index contributed by atoms with van der Waals surface area (Å²) in [5.74, 6) is -0.483. The molecule has 2 aliphatic rings. The zero-order valence-electron chi connectivity index (χ0n) is 16.4. The third-order valence-corrected chi connectivity index (χ3v) is 5.98. The number of ether oxygens (including phenoxy) is 2. The first-order valence-corrected chi connectivity index (χ1v) is 10.2. The zero-order chi connectivity index (χ0) is 21.0. The van der Waals surface area contributed by atoms with Crippen LogP contribution in [0.4, 0.5) is 5.69 Å². The summed E-state index contributed by atoms with van der Waals surface area (Å²) in [6.07, 6.45) is 3.49. The van der Waals surface area contributed by atoms with E-state index in [1.807, 2.05) is 24.3 Å². The van der Waals surface area contributed by atoms with Gasteiger partial charge in [0.05, 0.1) is 32.6 Å². The fraction of sp³-hybridized carbons (Fsp3) is 0.348. The number of methoxy groups -OCH3 is 2. The molecule has 0 N–H and O–H groups in total. The number of carbonyl (C=O) groups excluding carboxylic acids is 2. The third kappa shape index (κ3) is 4.51. The lowest BCUT2D eigenvalue weighted by atomic mass is 10.0. The van der Waals surface area contributed by atoms with Crippen LogP contribution in [0.25, 0.3) is 4.85 Å². The molecule has 2 unspecified atom stereocenters. The summed E-state index contributed by atoms with van der Waals surface area (Å²) >= 11 is 3.42. The van der Waals surface area contributed by atoms with E-state index in [0.29, 0.717) is 5.69 Å². The Bertz CT molecular complexity index is 979. The summed E-state index contributed by atoms with van der Waals surface area (Å²) in [5.41, 5.74) is 5.15. The summed E-state index contributed by atoms with van der Waals surface area (Å²) in [6, 6.07) is 11.6. The molecule has 150 valence electrons. The van der Waals surface area contributed by atoms with Crippen molar-refractivity contribution in [2.75, 3.05) is 14.2 Å². The Labute approximate surface area is 179 Å². The fourth-order valence-electron chi connectivity index (χ4n) is 4.03. The van der Waals surface area contributed by atoms with Gasteiger partial charge in [0.25, 0.3) is 0 Å². The van der Waals surface area contributed by atoms with Crippen molar-refractivity contribution in [2.24, 2.45) is 0 Å². The smallest absolute Gasteiger partial charge is 0.313 e. The number of rotatable bonds is 2. The predicted molar refractivity (Wildman–Crippen MR) is 113 cm³/mol. The Morgan fingerprint density at radius 2 is 1.45 bits per heavy atom. The first-order valence-electron chi connectivity index (χ1n) is 9.42. The molecule has 0 bridgehead atoms. The van der Waals surface area contributed by atoms with Crippen molar-refractivity contribution in [3.8, 4) is 0 Å². The van der Waals surface area contributed by atoms with Crippen LogP contribution in [-0.4, -0.2) is 26.2 Å². The summed E-state index contributed by atoms with van der Waals surface area (Å²) in [7, 11) is 2.85. The standard InChI is InChI=1S/C12H11NO2.C11H11BrO2/c1-13-9-4-6-10-8(7-9)3-5-11(10)12(14)15-2;1-14-11(13)10-4-2-7-6-8(12)3-5-9(7)10/h4,6-7,11H,3,5H2,2H3;3,5-6,10H,2,4H2,1H3. The minimum Gasteiger partial charge on any atom is -0.469 e. The van der Waals surface area contributed by atoms with E-state index in [-0.39, 0.29) is 23.8 Å². The second-order valence-electron chi connectivity index (χ2n) is 7.07. The number of fused-ring (bicyclic) bond motifs is 2. The number of halogens is 1. The van der Waals surface area contributed by atoms with Crippen LogP contribution in [0.1, 0.15) is 46.9 Å². The first kappa shape index (κ1) is 21.1. The molecule has 0 spiro atoms. The topological polar surface area (TPSA) is 57.0 Å². The quantitative estimate of drug-likeness (QED) is 0.467. The van der Waals surface area contributed by atoms with Crippen molar-refractivity contribution in [1.29, 1.82) is 0 Å². The Morgan fingerprint density at radius 3 is 1.97 bits per heavy atom. The number of aryl methyl sites for hydroxylation is 2. The highest BCUT2D eigenvalue weighted by molar-refractivity contribution is 9.10. The molecule has 2 aromatic carbocycles. The molecule has 0 amide bonds. The van der Waals surface area contributed by atoms with Crippen LogP contribution in [0, 0.1) is 6.57 Å². The Balaban J connectivity index is 0.000000166. The van der Waals surface area contributed by atoms with Crippen molar-refractivity contribution in [3.05, 3.63) is 74.5 Å². The molecule has 0 heterocycles. The molecule has 4 rings (SSSR count). The van der Waals surface area contributed by atoms with Crippen molar-refractivity contribution in [2.45, 2.75) is 37.5 Å². The van der Waals surface area contributed by atoms with Gasteiger partial charge < -0.3 is 9.47 Å². The van der Waals surface area contributed by atoms with Crippen molar-refractivity contribution < 1.29 is 19.1 Å². The summed E-state index contributed by atoms with van der Waals surface area (Å²) in [5, 5.41) is 0. The van der Waals surface area contributed by atoms with Crippen LogP contribution in [0.15, 0.2) is 40.9 Å². The minimum absolute atomic E-state index is 0.0527. The fourth-order valence-corrected chi connectivity index (χ4v) is 4.44. The largest absolute Gasteiger partial charge is 0.469 e. The molecule has 0 aromatic heterocycles. The highest BCUT2D eigenvalue weighted by Gasteiger charge is 2.30. The van der Waals surface area contributed by atoms with Gasteiger partial charge in [-0.15, -0.1) is 0 Å². The summed E-state index contributed by atoms with van der Waals surface area (Å²) in [4.78, 5) is 26.2.